The molecular formula is C11H23NO4Si. The van der Waals surface area contributed by atoms with Gasteiger partial charge in [0.1, 0.15) is 5.67 Å². The molecule has 0 aromatic rings. The molecule has 0 bridgehead atoms. The van der Waals surface area contributed by atoms with E-state index in [1.54, 1.807) is 6.08 Å². The van der Waals surface area contributed by atoms with Gasteiger partial charge in [-0.15, -0.1) is 0 Å². The summed E-state index contributed by atoms with van der Waals surface area (Å²) in [5.74, 6) is 0. The average molecular weight is 261 g/mol. The first-order chi connectivity index (χ1) is 8.20. The van der Waals surface area contributed by atoms with Gasteiger partial charge in [-0.1, -0.05) is 13.3 Å². The van der Waals surface area contributed by atoms with Crippen molar-refractivity contribution in [3.63, 3.8) is 0 Å². The second kappa shape index (κ2) is 9.50. The Hall–Kier alpha value is -0.523. The third-order valence-corrected chi connectivity index (χ3v) is 5.52. The molecule has 0 N–H and O–H groups in total. The fourth-order valence-corrected chi connectivity index (χ4v) is 4.56. The van der Waals surface area contributed by atoms with Crippen molar-refractivity contribution in [1.29, 1.82) is 0 Å². The van der Waals surface area contributed by atoms with Crippen LogP contribution in [-0.2, 0) is 18.1 Å². The maximum absolute atomic E-state index is 10.5. The summed E-state index contributed by atoms with van der Waals surface area (Å²) in [4.78, 5) is 14.3. The standard InChI is InChI=1S/C11H23NO4Si/c1-5-9-11(12-10-13)17(14-6-2,15-7-3)16-8-4/h11H,5-9H2,1-4H3. The molecule has 6 heteroatoms. The Morgan fingerprint density at radius 3 is 1.82 bits per heavy atom. The first kappa shape index (κ1) is 16.5. The first-order valence-electron chi connectivity index (χ1n) is 6.19. The number of isocyanates is 1. The molecular weight excluding hydrogens is 238 g/mol. The van der Waals surface area contributed by atoms with Crippen LogP contribution in [0.15, 0.2) is 4.99 Å². The average Bonchev–Trinajstić information content (AvgIpc) is 2.29. The third-order valence-electron chi connectivity index (χ3n) is 2.22. The Bertz CT molecular complexity index is 227. The summed E-state index contributed by atoms with van der Waals surface area (Å²) in [5.41, 5.74) is -0.343. The topological polar surface area (TPSA) is 57.1 Å². The van der Waals surface area contributed by atoms with E-state index < -0.39 is 8.80 Å². The SMILES string of the molecule is CCCC(N=C=O)[Si](OCC)(OCC)OCC. The maximum atomic E-state index is 10.5. The van der Waals surface area contributed by atoms with Crippen LogP contribution in [0, 0.1) is 0 Å². The predicted octanol–water partition coefficient (Wildman–Crippen LogP) is 2.08. The number of hydrogen-bond acceptors (Lipinski definition) is 5. The van der Waals surface area contributed by atoms with Crippen LogP contribution in [0.4, 0.5) is 0 Å². The summed E-state index contributed by atoms with van der Waals surface area (Å²) in [6.07, 6.45) is 3.20. The smallest absolute Gasteiger partial charge is 0.372 e. The number of nitrogens with zero attached hydrogens (tertiary/aromatic N) is 1. The second-order valence-corrected chi connectivity index (χ2v) is 6.17. The van der Waals surface area contributed by atoms with Crippen LogP contribution in [0.5, 0.6) is 0 Å². The Labute approximate surface area is 105 Å². The number of carbonyl (C=O) groups excluding carboxylic acids is 1. The highest BCUT2D eigenvalue weighted by atomic mass is 28.4. The zero-order valence-electron chi connectivity index (χ0n) is 11.2. The largest absolute Gasteiger partial charge is 0.527 e. The Balaban J connectivity index is 5.07. The van der Waals surface area contributed by atoms with Gasteiger partial charge in [-0.25, -0.2) is 4.79 Å². The van der Waals surface area contributed by atoms with Gasteiger partial charge in [0.05, 0.1) is 0 Å². The fraction of sp³-hybridized carbons (Fsp3) is 0.909. The summed E-state index contributed by atoms with van der Waals surface area (Å²) in [6, 6.07) is 0. The van der Waals surface area contributed by atoms with Crippen LogP contribution in [0.1, 0.15) is 40.5 Å². The number of aliphatic imine (C=N–C) groups is 1. The monoisotopic (exact) mass is 261 g/mol. The molecule has 17 heavy (non-hydrogen) atoms. The van der Waals surface area contributed by atoms with E-state index in [0.29, 0.717) is 26.2 Å². The Morgan fingerprint density at radius 1 is 1.06 bits per heavy atom. The van der Waals surface area contributed by atoms with Gasteiger partial charge in [-0.05, 0) is 27.2 Å². The quantitative estimate of drug-likeness (QED) is 0.343. The van der Waals surface area contributed by atoms with Crippen LogP contribution in [0.2, 0.25) is 0 Å². The molecule has 0 amide bonds. The highest BCUT2D eigenvalue weighted by molar-refractivity contribution is 6.62. The van der Waals surface area contributed by atoms with Gasteiger partial charge in [0.2, 0.25) is 6.08 Å². The molecule has 0 radical (unpaired) electrons. The summed E-state index contributed by atoms with van der Waals surface area (Å²) >= 11 is 0. The van der Waals surface area contributed by atoms with Crippen molar-refractivity contribution in [2.45, 2.75) is 46.2 Å². The molecule has 1 unspecified atom stereocenters. The van der Waals surface area contributed by atoms with Gasteiger partial charge in [0.25, 0.3) is 0 Å². The summed E-state index contributed by atoms with van der Waals surface area (Å²) in [6.45, 7) is 9.13. The van der Waals surface area contributed by atoms with Crippen LogP contribution in [0.25, 0.3) is 0 Å². The molecule has 100 valence electrons. The summed E-state index contributed by atoms with van der Waals surface area (Å²) < 4.78 is 17.1. The molecule has 0 aliphatic carbocycles. The van der Waals surface area contributed by atoms with E-state index in [0.717, 1.165) is 6.42 Å². The number of rotatable bonds is 10. The van der Waals surface area contributed by atoms with Crippen LogP contribution < -0.4 is 0 Å². The molecule has 5 nitrogen and oxygen atoms in total. The van der Waals surface area contributed by atoms with E-state index in [2.05, 4.69) is 4.99 Å². The van der Waals surface area contributed by atoms with E-state index in [-0.39, 0.29) is 5.67 Å². The van der Waals surface area contributed by atoms with Crippen molar-refractivity contribution in [3.05, 3.63) is 0 Å². The number of hydrogen-bond donors (Lipinski definition) is 0. The fourth-order valence-electron chi connectivity index (χ4n) is 1.67. The van der Waals surface area contributed by atoms with Gasteiger partial charge in [-0.3, -0.25) is 0 Å². The van der Waals surface area contributed by atoms with Gasteiger partial charge in [0.15, 0.2) is 0 Å². The van der Waals surface area contributed by atoms with E-state index in [1.807, 2.05) is 27.7 Å². The molecule has 0 spiro atoms. The molecule has 0 aromatic heterocycles. The zero-order valence-corrected chi connectivity index (χ0v) is 12.2. The summed E-state index contributed by atoms with van der Waals surface area (Å²) in [7, 11) is -2.90. The molecule has 0 rings (SSSR count). The minimum Gasteiger partial charge on any atom is -0.372 e. The van der Waals surface area contributed by atoms with Crippen molar-refractivity contribution in [2.24, 2.45) is 4.99 Å². The lowest BCUT2D eigenvalue weighted by Crippen LogP contribution is -2.55. The molecule has 0 heterocycles. The minimum absolute atomic E-state index is 0.343. The lowest BCUT2D eigenvalue weighted by atomic mass is 10.3. The van der Waals surface area contributed by atoms with Crippen LogP contribution in [-0.4, -0.2) is 40.4 Å². The van der Waals surface area contributed by atoms with Crippen molar-refractivity contribution in [2.75, 3.05) is 19.8 Å². The highest BCUT2D eigenvalue weighted by Gasteiger charge is 2.49. The zero-order chi connectivity index (χ0) is 13.1. The molecule has 0 aliphatic heterocycles. The van der Waals surface area contributed by atoms with E-state index in [9.17, 15) is 4.79 Å². The van der Waals surface area contributed by atoms with E-state index >= 15 is 0 Å². The summed E-state index contributed by atoms with van der Waals surface area (Å²) in [5, 5.41) is 0. The van der Waals surface area contributed by atoms with Crippen molar-refractivity contribution in [3.8, 4) is 0 Å². The molecule has 0 saturated carbocycles. The molecule has 0 saturated heterocycles. The first-order valence-corrected chi connectivity index (χ1v) is 7.99. The van der Waals surface area contributed by atoms with Gasteiger partial charge in [-0.2, -0.15) is 4.99 Å². The molecule has 1 atom stereocenters. The second-order valence-electron chi connectivity index (χ2n) is 3.43. The minimum atomic E-state index is -2.90. The van der Waals surface area contributed by atoms with Crippen LogP contribution >= 0.6 is 0 Å². The van der Waals surface area contributed by atoms with E-state index in [1.165, 1.54) is 0 Å². The molecule has 0 fully saturated rings. The predicted molar refractivity (Wildman–Crippen MR) is 67.4 cm³/mol. The normalized spacial score (nSPS) is 13.2. The van der Waals surface area contributed by atoms with Crippen molar-refractivity contribution < 1.29 is 18.1 Å². The van der Waals surface area contributed by atoms with Gasteiger partial charge >= 0.3 is 8.80 Å². The maximum Gasteiger partial charge on any atom is 0.527 e. The third kappa shape index (κ3) is 5.10. The van der Waals surface area contributed by atoms with E-state index in [4.69, 9.17) is 13.3 Å². The lowest BCUT2D eigenvalue weighted by Gasteiger charge is -2.32. The van der Waals surface area contributed by atoms with Crippen molar-refractivity contribution in [1.82, 2.24) is 0 Å². The lowest BCUT2D eigenvalue weighted by molar-refractivity contribution is 0.0615. The highest BCUT2D eigenvalue weighted by Crippen LogP contribution is 2.21. The van der Waals surface area contributed by atoms with Gasteiger partial charge < -0.3 is 13.3 Å². The van der Waals surface area contributed by atoms with Crippen molar-refractivity contribution >= 4 is 14.9 Å². The van der Waals surface area contributed by atoms with Gasteiger partial charge in [0, 0.05) is 19.8 Å². The van der Waals surface area contributed by atoms with Crippen LogP contribution in [0.3, 0.4) is 0 Å². The Kier molecular flexibility index (Phi) is 9.21. The molecule has 0 aliphatic rings. The molecule has 0 aromatic carbocycles. The Morgan fingerprint density at radius 2 is 1.53 bits per heavy atom.